The van der Waals surface area contributed by atoms with Crippen molar-refractivity contribution in [2.24, 2.45) is 11.8 Å². The van der Waals surface area contributed by atoms with E-state index in [1.54, 1.807) is 18.3 Å². The maximum atomic E-state index is 13.1. The number of hydrogen-bond acceptors (Lipinski definition) is 5. The maximum Gasteiger partial charge on any atom is 0.251 e. The first-order valence-electron chi connectivity index (χ1n) is 12.6. The average molecular weight is 469 g/mol. The van der Waals surface area contributed by atoms with E-state index in [0.29, 0.717) is 30.9 Å². The van der Waals surface area contributed by atoms with Gasteiger partial charge in [0.05, 0.1) is 17.7 Å². The number of carbonyl (C=O) groups excluding carboxylic acids is 2. The van der Waals surface area contributed by atoms with E-state index in [0.717, 1.165) is 30.4 Å². The molecule has 1 fully saturated rings. The van der Waals surface area contributed by atoms with Crippen molar-refractivity contribution in [1.29, 1.82) is 0 Å². The normalized spacial score (nSPS) is 20.0. The second-order valence-corrected chi connectivity index (χ2v) is 10.4. The molecule has 7 heteroatoms. The van der Waals surface area contributed by atoms with Crippen molar-refractivity contribution in [2.45, 2.75) is 71.6 Å². The molecule has 1 aliphatic rings. The molecule has 2 unspecified atom stereocenters. The van der Waals surface area contributed by atoms with Crippen LogP contribution in [0, 0.1) is 11.8 Å². The minimum absolute atomic E-state index is 0.226. The van der Waals surface area contributed by atoms with Crippen molar-refractivity contribution >= 4 is 22.7 Å². The molecule has 1 aromatic heterocycles. The molecular weight excluding hydrogens is 428 g/mol. The van der Waals surface area contributed by atoms with Crippen molar-refractivity contribution in [3.05, 3.63) is 42.1 Å². The lowest BCUT2D eigenvalue weighted by atomic mass is 9.98. The van der Waals surface area contributed by atoms with E-state index in [9.17, 15) is 14.7 Å². The third-order valence-corrected chi connectivity index (χ3v) is 6.44. The van der Waals surface area contributed by atoms with Gasteiger partial charge in [0.25, 0.3) is 5.91 Å². The molecule has 0 radical (unpaired) electrons. The van der Waals surface area contributed by atoms with E-state index in [1.807, 2.05) is 32.0 Å². The highest BCUT2D eigenvalue weighted by Gasteiger charge is 2.31. The van der Waals surface area contributed by atoms with Gasteiger partial charge in [-0.2, -0.15) is 0 Å². The van der Waals surface area contributed by atoms with Gasteiger partial charge >= 0.3 is 0 Å². The fraction of sp³-hybridized carbons (Fsp3) is 0.593. The molecule has 3 N–H and O–H groups in total. The molecule has 0 spiro atoms. The quantitative estimate of drug-likeness (QED) is 0.497. The molecule has 2 aromatic rings. The zero-order valence-corrected chi connectivity index (χ0v) is 21.0. The number of rotatable bonds is 10. The van der Waals surface area contributed by atoms with E-state index in [2.05, 4.69) is 34.4 Å². The van der Waals surface area contributed by atoms with E-state index in [4.69, 9.17) is 0 Å². The molecular formula is C27H40N4O3. The van der Waals surface area contributed by atoms with Gasteiger partial charge in [-0.05, 0) is 68.3 Å². The highest BCUT2D eigenvalue weighted by atomic mass is 16.3. The van der Waals surface area contributed by atoms with Crippen LogP contribution in [0.4, 0.5) is 0 Å². The van der Waals surface area contributed by atoms with Crippen LogP contribution in [-0.2, 0) is 4.79 Å². The predicted octanol–water partition coefficient (Wildman–Crippen LogP) is 3.37. The fourth-order valence-corrected chi connectivity index (χ4v) is 4.54. The minimum Gasteiger partial charge on any atom is -0.390 e. The second kappa shape index (κ2) is 12.3. The Hall–Kier alpha value is -2.51. The Kier molecular flexibility index (Phi) is 9.42. The lowest BCUT2D eigenvalue weighted by Gasteiger charge is -2.37. The molecule has 186 valence electrons. The second-order valence-electron chi connectivity index (χ2n) is 10.4. The van der Waals surface area contributed by atoms with Gasteiger partial charge < -0.3 is 20.6 Å². The largest absolute Gasteiger partial charge is 0.390 e. The summed E-state index contributed by atoms with van der Waals surface area (Å²) in [6.45, 7) is 10.9. The monoisotopic (exact) mass is 468 g/mol. The number of carbonyl (C=O) groups is 2. The topological polar surface area (TPSA) is 94.6 Å². The minimum atomic E-state index is -0.659. The molecule has 0 aliphatic carbocycles. The number of pyridine rings is 1. The maximum absolute atomic E-state index is 13.1. The molecule has 1 saturated heterocycles. The number of aliphatic hydroxyl groups excluding tert-OH is 1. The summed E-state index contributed by atoms with van der Waals surface area (Å²) in [5, 5.41) is 17.5. The van der Waals surface area contributed by atoms with Crippen LogP contribution in [0.2, 0.25) is 0 Å². The van der Waals surface area contributed by atoms with Gasteiger partial charge in [0.1, 0.15) is 6.04 Å². The summed E-state index contributed by atoms with van der Waals surface area (Å²) in [7, 11) is 0. The smallest absolute Gasteiger partial charge is 0.251 e. The van der Waals surface area contributed by atoms with E-state index < -0.39 is 12.1 Å². The first-order chi connectivity index (χ1) is 16.2. The van der Waals surface area contributed by atoms with Crippen molar-refractivity contribution in [2.75, 3.05) is 19.6 Å². The van der Waals surface area contributed by atoms with Gasteiger partial charge in [-0.15, -0.1) is 0 Å². The summed E-state index contributed by atoms with van der Waals surface area (Å²) in [6.07, 6.45) is 4.63. The number of β-amino-alcohol motifs (C(OH)–C–C–N with tert-alkyl or cyclic N) is 1. The Labute approximate surface area is 203 Å². The van der Waals surface area contributed by atoms with Crippen molar-refractivity contribution < 1.29 is 14.7 Å². The zero-order valence-electron chi connectivity index (χ0n) is 21.0. The molecule has 7 nitrogen and oxygen atoms in total. The van der Waals surface area contributed by atoms with Gasteiger partial charge in [0, 0.05) is 30.2 Å². The molecule has 1 aliphatic heterocycles. The van der Waals surface area contributed by atoms with Gasteiger partial charge in [-0.3, -0.25) is 14.6 Å². The number of piperidine rings is 1. The Morgan fingerprint density at radius 3 is 2.68 bits per heavy atom. The number of nitrogens with one attached hydrogen (secondary N) is 2. The summed E-state index contributed by atoms with van der Waals surface area (Å²) >= 11 is 0. The molecule has 1 aromatic carbocycles. The number of fused-ring (bicyclic) bond motifs is 1. The van der Waals surface area contributed by atoms with Crippen LogP contribution in [0.15, 0.2) is 36.5 Å². The lowest BCUT2D eigenvalue weighted by molar-refractivity contribution is -0.125. The van der Waals surface area contributed by atoms with Crippen molar-refractivity contribution in [3.63, 3.8) is 0 Å². The number of benzene rings is 1. The molecule has 3 atom stereocenters. The number of hydrogen-bond donors (Lipinski definition) is 3. The summed E-state index contributed by atoms with van der Waals surface area (Å²) in [4.78, 5) is 32.7. The molecule has 0 bridgehead atoms. The van der Waals surface area contributed by atoms with Gasteiger partial charge in [-0.1, -0.05) is 33.8 Å². The third kappa shape index (κ3) is 7.50. The lowest BCUT2D eigenvalue weighted by Crippen LogP contribution is -2.57. The first-order valence-corrected chi connectivity index (χ1v) is 12.6. The molecule has 0 saturated carbocycles. The average Bonchev–Trinajstić information content (AvgIpc) is 2.79. The van der Waals surface area contributed by atoms with Crippen LogP contribution < -0.4 is 10.6 Å². The SMILES string of the molecule is CC(C)CCCN1CCC(NC(=O)[C@H](CC(C)C)NC(=O)c2ccc3ncccc3c2)C(O)C1. The number of aromatic nitrogens is 1. The van der Waals surface area contributed by atoms with Crippen LogP contribution in [0.5, 0.6) is 0 Å². The van der Waals surface area contributed by atoms with Crippen LogP contribution in [0.1, 0.15) is 63.7 Å². The van der Waals surface area contributed by atoms with Crippen LogP contribution in [0.3, 0.4) is 0 Å². The van der Waals surface area contributed by atoms with Crippen LogP contribution in [-0.4, -0.2) is 64.6 Å². The summed E-state index contributed by atoms with van der Waals surface area (Å²) < 4.78 is 0. The standard InChI is InChI=1S/C27H40N4O3/c1-18(2)7-6-13-31-14-11-23(25(32)17-31)29-27(34)24(15-19(3)4)30-26(33)21-9-10-22-20(16-21)8-5-12-28-22/h5,8-10,12,16,18-19,23-25,32H,6-7,11,13-15,17H2,1-4H3,(H,29,34)(H,30,33)/t23?,24-,25?/m0/s1. The van der Waals surface area contributed by atoms with Gasteiger partial charge in [0.15, 0.2) is 0 Å². The predicted molar refractivity (Wildman–Crippen MR) is 136 cm³/mol. The first kappa shape index (κ1) is 26.1. The van der Waals surface area contributed by atoms with Crippen LogP contribution >= 0.6 is 0 Å². The summed E-state index contributed by atoms with van der Waals surface area (Å²) in [6, 6.07) is 8.12. The van der Waals surface area contributed by atoms with Crippen LogP contribution in [0.25, 0.3) is 10.9 Å². The van der Waals surface area contributed by atoms with Gasteiger partial charge in [0.2, 0.25) is 5.91 Å². The Bertz CT molecular complexity index is 962. The number of amides is 2. The highest BCUT2D eigenvalue weighted by Crippen LogP contribution is 2.16. The number of aliphatic hydroxyl groups is 1. The molecule has 2 heterocycles. The van der Waals surface area contributed by atoms with Crippen molar-refractivity contribution in [1.82, 2.24) is 20.5 Å². The molecule has 3 rings (SSSR count). The zero-order chi connectivity index (χ0) is 24.7. The molecule has 2 amide bonds. The highest BCUT2D eigenvalue weighted by molar-refractivity contribution is 6.00. The Morgan fingerprint density at radius 1 is 1.18 bits per heavy atom. The Morgan fingerprint density at radius 2 is 1.97 bits per heavy atom. The van der Waals surface area contributed by atoms with E-state index in [1.165, 1.54) is 6.42 Å². The number of nitrogens with zero attached hydrogens (tertiary/aromatic N) is 2. The summed E-state index contributed by atoms with van der Waals surface area (Å²) in [5.74, 6) is 0.389. The number of likely N-dealkylation sites (tertiary alicyclic amines) is 1. The molecule has 34 heavy (non-hydrogen) atoms. The van der Waals surface area contributed by atoms with E-state index >= 15 is 0 Å². The van der Waals surface area contributed by atoms with Crippen molar-refractivity contribution in [3.8, 4) is 0 Å². The third-order valence-electron chi connectivity index (χ3n) is 6.44. The Balaban J connectivity index is 1.59. The van der Waals surface area contributed by atoms with Gasteiger partial charge in [-0.25, -0.2) is 0 Å². The summed E-state index contributed by atoms with van der Waals surface area (Å²) in [5.41, 5.74) is 1.32. The van der Waals surface area contributed by atoms with E-state index in [-0.39, 0.29) is 23.8 Å². The fourth-order valence-electron chi connectivity index (χ4n) is 4.54.